The summed E-state index contributed by atoms with van der Waals surface area (Å²) in [6.45, 7) is 0.0592. The average molecular weight is 466 g/mol. The van der Waals surface area contributed by atoms with E-state index in [4.69, 9.17) is 10.5 Å². The van der Waals surface area contributed by atoms with Crippen molar-refractivity contribution in [3.05, 3.63) is 94.0 Å². The van der Waals surface area contributed by atoms with Crippen molar-refractivity contribution in [2.75, 3.05) is 6.61 Å². The summed E-state index contributed by atoms with van der Waals surface area (Å²) in [6, 6.07) is 21.8. The van der Waals surface area contributed by atoms with Crippen molar-refractivity contribution < 1.29 is 19.4 Å². The van der Waals surface area contributed by atoms with Crippen molar-refractivity contribution in [1.29, 1.82) is 0 Å². The second-order valence-corrected chi connectivity index (χ2v) is 8.17. The SMILES string of the molecule is NC(c1ccc(Br)cc1)C(C(=O)O)C(=O)OCC1c2ccccc2-c2ccccc21. The molecule has 0 aromatic heterocycles. The van der Waals surface area contributed by atoms with Gasteiger partial charge in [0.05, 0.1) is 6.04 Å². The lowest BCUT2D eigenvalue weighted by atomic mass is 9.93. The van der Waals surface area contributed by atoms with Crippen LogP contribution in [-0.4, -0.2) is 23.7 Å². The molecule has 3 aromatic carbocycles. The van der Waals surface area contributed by atoms with Crippen LogP contribution in [0.15, 0.2) is 77.3 Å². The van der Waals surface area contributed by atoms with Crippen LogP contribution in [0.5, 0.6) is 0 Å². The minimum atomic E-state index is -1.49. The van der Waals surface area contributed by atoms with E-state index in [9.17, 15) is 14.7 Å². The van der Waals surface area contributed by atoms with Crippen LogP contribution in [0.1, 0.15) is 28.7 Å². The maximum Gasteiger partial charge on any atom is 0.322 e. The van der Waals surface area contributed by atoms with Crippen molar-refractivity contribution >= 4 is 27.9 Å². The number of halogens is 1. The van der Waals surface area contributed by atoms with Gasteiger partial charge < -0.3 is 15.6 Å². The first-order valence-corrected chi connectivity index (χ1v) is 10.4. The number of hydrogen-bond acceptors (Lipinski definition) is 4. The van der Waals surface area contributed by atoms with Crippen molar-refractivity contribution in [2.24, 2.45) is 11.7 Å². The molecule has 0 aliphatic heterocycles. The van der Waals surface area contributed by atoms with Crippen LogP contribution < -0.4 is 5.73 Å². The van der Waals surface area contributed by atoms with Crippen LogP contribution in [0.25, 0.3) is 11.1 Å². The van der Waals surface area contributed by atoms with E-state index >= 15 is 0 Å². The smallest absolute Gasteiger partial charge is 0.322 e. The van der Waals surface area contributed by atoms with Gasteiger partial charge in [-0.25, -0.2) is 0 Å². The summed E-state index contributed by atoms with van der Waals surface area (Å²) in [5, 5.41) is 9.65. The molecule has 0 radical (unpaired) electrons. The number of carboxylic acid groups (broad SMARTS) is 1. The topological polar surface area (TPSA) is 89.6 Å². The summed E-state index contributed by atoms with van der Waals surface area (Å²) in [6.07, 6.45) is 0. The van der Waals surface area contributed by atoms with E-state index in [1.165, 1.54) is 0 Å². The van der Waals surface area contributed by atoms with Gasteiger partial charge in [-0.15, -0.1) is 0 Å². The molecular weight excluding hydrogens is 446 g/mol. The summed E-state index contributed by atoms with van der Waals surface area (Å²) in [4.78, 5) is 24.6. The van der Waals surface area contributed by atoms with Gasteiger partial charge in [0.1, 0.15) is 6.61 Å². The van der Waals surface area contributed by atoms with Crippen molar-refractivity contribution in [3.8, 4) is 11.1 Å². The fourth-order valence-corrected chi connectivity index (χ4v) is 4.24. The highest BCUT2D eigenvalue weighted by Gasteiger charge is 2.37. The molecule has 0 amide bonds. The zero-order valence-electron chi connectivity index (χ0n) is 16.0. The van der Waals surface area contributed by atoms with Crippen LogP contribution in [-0.2, 0) is 14.3 Å². The number of benzene rings is 3. The van der Waals surface area contributed by atoms with Gasteiger partial charge in [-0.2, -0.15) is 0 Å². The van der Waals surface area contributed by atoms with Gasteiger partial charge in [0.15, 0.2) is 5.92 Å². The molecule has 3 aromatic rings. The van der Waals surface area contributed by atoms with Crippen molar-refractivity contribution in [3.63, 3.8) is 0 Å². The third-order valence-electron chi connectivity index (χ3n) is 5.49. The number of esters is 1. The second-order valence-electron chi connectivity index (χ2n) is 7.25. The molecule has 1 aliphatic carbocycles. The van der Waals surface area contributed by atoms with Gasteiger partial charge in [-0.1, -0.05) is 76.6 Å². The molecule has 30 heavy (non-hydrogen) atoms. The Morgan fingerprint density at radius 2 is 1.47 bits per heavy atom. The summed E-state index contributed by atoms with van der Waals surface area (Å²) in [5.74, 6) is -3.76. The molecule has 3 N–H and O–H groups in total. The highest BCUT2D eigenvalue weighted by Crippen LogP contribution is 2.44. The number of hydrogen-bond donors (Lipinski definition) is 2. The third-order valence-corrected chi connectivity index (χ3v) is 6.02. The molecule has 0 heterocycles. The van der Waals surface area contributed by atoms with E-state index < -0.39 is 23.9 Å². The molecular formula is C24H20BrNO4. The summed E-state index contributed by atoms with van der Waals surface area (Å²) < 4.78 is 6.36. The van der Waals surface area contributed by atoms with Gasteiger partial charge in [-0.3, -0.25) is 9.59 Å². The van der Waals surface area contributed by atoms with E-state index in [-0.39, 0.29) is 12.5 Å². The largest absolute Gasteiger partial charge is 0.481 e. The first kappa shape index (κ1) is 20.3. The zero-order valence-corrected chi connectivity index (χ0v) is 17.6. The Bertz CT molecular complexity index is 1050. The highest BCUT2D eigenvalue weighted by atomic mass is 79.9. The molecule has 1 aliphatic rings. The Labute approximate surface area is 182 Å². The van der Waals surface area contributed by atoms with Crippen LogP contribution in [0, 0.1) is 5.92 Å². The molecule has 0 spiro atoms. The lowest BCUT2D eigenvalue weighted by Gasteiger charge is -2.21. The lowest BCUT2D eigenvalue weighted by molar-refractivity contribution is -0.160. The van der Waals surface area contributed by atoms with E-state index in [0.29, 0.717) is 5.56 Å². The van der Waals surface area contributed by atoms with Crippen LogP contribution in [0.2, 0.25) is 0 Å². The van der Waals surface area contributed by atoms with Crippen LogP contribution in [0.3, 0.4) is 0 Å². The summed E-state index contributed by atoms with van der Waals surface area (Å²) in [7, 11) is 0. The molecule has 0 saturated carbocycles. The monoisotopic (exact) mass is 465 g/mol. The molecule has 5 nitrogen and oxygen atoms in total. The fraction of sp³-hybridized carbons (Fsp3) is 0.167. The Hall–Kier alpha value is -2.96. The van der Waals surface area contributed by atoms with Gasteiger partial charge in [0, 0.05) is 10.4 Å². The molecule has 152 valence electrons. The van der Waals surface area contributed by atoms with E-state index in [1.54, 1.807) is 24.3 Å². The molecule has 2 unspecified atom stereocenters. The zero-order chi connectivity index (χ0) is 21.3. The maximum atomic E-state index is 12.8. The number of aliphatic carboxylic acids is 1. The predicted molar refractivity (Wildman–Crippen MR) is 117 cm³/mol. The summed E-state index contributed by atoms with van der Waals surface area (Å²) in [5.41, 5.74) is 11.0. The minimum absolute atomic E-state index is 0.0592. The average Bonchev–Trinajstić information content (AvgIpc) is 3.06. The van der Waals surface area contributed by atoms with Gasteiger partial charge >= 0.3 is 11.9 Å². The Kier molecular flexibility index (Phi) is 5.70. The fourth-order valence-electron chi connectivity index (χ4n) is 3.97. The molecule has 6 heteroatoms. The minimum Gasteiger partial charge on any atom is -0.481 e. The Morgan fingerprint density at radius 1 is 0.933 bits per heavy atom. The highest BCUT2D eigenvalue weighted by molar-refractivity contribution is 9.10. The number of carbonyl (C=O) groups excluding carboxylic acids is 1. The summed E-state index contributed by atoms with van der Waals surface area (Å²) >= 11 is 3.33. The molecule has 0 saturated heterocycles. The first-order chi connectivity index (χ1) is 14.5. The number of ether oxygens (including phenoxy) is 1. The van der Waals surface area contributed by atoms with E-state index in [1.807, 2.05) is 48.5 Å². The molecule has 4 rings (SSSR count). The maximum absolute atomic E-state index is 12.8. The van der Waals surface area contributed by atoms with Crippen LogP contribution >= 0.6 is 15.9 Å². The Balaban J connectivity index is 1.54. The third kappa shape index (κ3) is 3.76. The Morgan fingerprint density at radius 3 is 2.00 bits per heavy atom. The quantitative estimate of drug-likeness (QED) is 0.412. The van der Waals surface area contributed by atoms with Crippen molar-refractivity contribution in [2.45, 2.75) is 12.0 Å². The number of nitrogens with two attached hydrogens (primary N) is 1. The first-order valence-electron chi connectivity index (χ1n) is 9.56. The number of fused-ring (bicyclic) bond motifs is 3. The number of carbonyl (C=O) groups is 2. The van der Waals surface area contributed by atoms with Gasteiger partial charge in [-0.05, 0) is 39.9 Å². The van der Waals surface area contributed by atoms with E-state index in [0.717, 1.165) is 26.7 Å². The standard InChI is InChI=1S/C24H20BrNO4/c25-15-11-9-14(10-12-15)22(26)21(23(27)28)24(29)30-13-20-18-7-3-1-5-16(18)17-6-2-4-8-19(17)20/h1-12,20-22H,13,26H2,(H,27,28). The van der Waals surface area contributed by atoms with Gasteiger partial charge in [0.25, 0.3) is 0 Å². The molecule has 0 fully saturated rings. The van der Waals surface area contributed by atoms with Crippen molar-refractivity contribution in [1.82, 2.24) is 0 Å². The van der Waals surface area contributed by atoms with E-state index in [2.05, 4.69) is 15.9 Å². The number of carboxylic acids is 1. The number of rotatable bonds is 6. The lowest BCUT2D eigenvalue weighted by Crippen LogP contribution is -2.36. The van der Waals surface area contributed by atoms with Gasteiger partial charge in [0.2, 0.25) is 0 Å². The normalized spacial score (nSPS) is 14.5. The molecule has 0 bridgehead atoms. The second kappa shape index (κ2) is 8.42. The predicted octanol–water partition coefficient (Wildman–Crippen LogP) is 4.51. The van der Waals surface area contributed by atoms with Crippen LogP contribution in [0.4, 0.5) is 0 Å². The molecule has 2 atom stereocenters.